The van der Waals surface area contributed by atoms with Crippen LogP contribution in [0.15, 0.2) is 36.7 Å². The molecule has 0 atom stereocenters. The second kappa shape index (κ2) is 3.48. The Morgan fingerprint density at radius 1 is 1.28 bits per heavy atom. The molecule has 2 radical (unpaired) electrons. The summed E-state index contributed by atoms with van der Waals surface area (Å²) in [5, 5.41) is 1.21. The number of aromatic nitrogens is 2. The highest BCUT2D eigenvalue weighted by Gasteiger charge is 2.15. The fraction of sp³-hybridized carbons (Fsp3) is 0.133. The molecule has 1 aromatic carbocycles. The monoisotopic (exact) mass is 230 g/mol. The van der Waals surface area contributed by atoms with Crippen molar-refractivity contribution in [3.63, 3.8) is 0 Å². The van der Waals surface area contributed by atoms with Crippen LogP contribution >= 0.6 is 0 Å². The van der Waals surface area contributed by atoms with Gasteiger partial charge in [0, 0.05) is 23.3 Å². The van der Waals surface area contributed by atoms with Gasteiger partial charge in [-0.2, -0.15) is 0 Å². The summed E-state index contributed by atoms with van der Waals surface area (Å²) in [6.45, 7) is 0. The minimum Gasteiger partial charge on any atom is -0.299 e. The number of hydrogen-bond donors (Lipinski definition) is 0. The Morgan fingerprint density at radius 2 is 2.22 bits per heavy atom. The standard InChI is InChI=1S/C15H11BN2/c16-10-5-6-14-13(9-10)11-3-1-2-4-12(11)15-17-7-8-18(14)15/h1,3,5-9H,2,4H2. The number of rotatable bonds is 0. The summed E-state index contributed by atoms with van der Waals surface area (Å²) >= 11 is 0. The Hall–Kier alpha value is -2.03. The van der Waals surface area contributed by atoms with Gasteiger partial charge in [0.2, 0.25) is 0 Å². The van der Waals surface area contributed by atoms with E-state index in [2.05, 4.69) is 33.7 Å². The zero-order valence-corrected chi connectivity index (χ0v) is 9.93. The van der Waals surface area contributed by atoms with Gasteiger partial charge in [0.25, 0.3) is 0 Å². The molecule has 1 aliphatic rings. The maximum absolute atomic E-state index is 5.93. The largest absolute Gasteiger partial charge is 0.299 e. The van der Waals surface area contributed by atoms with Crippen LogP contribution in [0.1, 0.15) is 17.5 Å². The molecule has 0 spiro atoms. The molecule has 2 nitrogen and oxygen atoms in total. The van der Waals surface area contributed by atoms with Crippen molar-refractivity contribution >= 4 is 35.9 Å². The molecular weight excluding hydrogens is 219 g/mol. The number of fused-ring (bicyclic) bond motifs is 6. The number of pyridine rings is 1. The van der Waals surface area contributed by atoms with Crippen LogP contribution in [-0.4, -0.2) is 17.2 Å². The molecule has 0 aliphatic heterocycles. The Morgan fingerprint density at radius 3 is 3.17 bits per heavy atom. The fourth-order valence-corrected chi connectivity index (χ4v) is 2.85. The van der Waals surface area contributed by atoms with Gasteiger partial charge in [-0.15, -0.1) is 0 Å². The number of nitrogens with zero attached hydrogens (tertiary/aromatic N) is 2. The lowest BCUT2D eigenvalue weighted by Crippen LogP contribution is -2.06. The number of imidazole rings is 1. The van der Waals surface area contributed by atoms with E-state index in [-0.39, 0.29) is 0 Å². The van der Waals surface area contributed by atoms with Crippen LogP contribution < -0.4 is 5.46 Å². The second-order valence-electron chi connectivity index (χ2n) is 4.73. The first-order valence-corrected chi connectivity index (χ1v) is 6.18. The van der Waals surface area contributed by atoms with Crippen LogP contribution in [-0.2, 0) is 6.42 Å². The molecular formula is C15H11BN2. The van der Waals surface area contributed by atoms with Gasteiger partial charge in [-0.25, -0.2) is 4.98 Å². The molecule has 0 saturated carbocycles. The summed E-state index contributed by atoms with van der Waals surface area (Å²) in [4.78, 5) is 4.50. The highest BCUT2D eigenvalue weighted by atomic mass is 15.0. The van der Waals surface area contributed by atoms with Gasteiger partial charge in [0.1, 0.15) is 13.5 Å². The fourth-order valence-electron chi connectivity index (χ4n) is 2.85. The molecule has 4 rings (SSSR count). The second-order valence-corrected chi connectivity index (χ2v) is 4.73. The highest BCUT2D eigenvalue weighted by Crippen LogP contribution is 2.30. The van der Waals surface area contributed by atoms with E-state index in [1.165, 1.54) is 22.0 Å². The van der Waals surface area contributed by atoms with Crippen molar-refractivity contribution in [3.8, 4) is 0 Å². The number of benzene rings is 1. The van der Waals surface area contributed by atoms with Crippen molar-refractivity contribution < 1.29 is 0 Å². The lowest BCUT2D eigenvalue weighted by Gasteiger charge is -2.16. The quantitative estimate of drug-likeness (QED) is 0.541. The summed E-state index contributed by atoms with van der Waals surface area (Å²) < 4.78 is 2.16. The van der Waals surface area contributed by atoms with Gasteiger partial charge in [0.05, 0.1) is 5.52 Å². The Balaban J connectivity index is 2.31. The third-order valence-electron chi connectivity index (χ3n) is 3.65. The van der Waals surface area contributed by atoms with Crippen LogP contribution in [0.5, 0.6) is 0 Å². The summed E-state index contributed by atoms with van der Waals surface area (Å²) in [5.74, 6) is 0. The molecule has 0 bridgehead atoms. The van der Waals surface area contributed by atoms with E-state index in [0.29, 0.717) is 0 Å². The first kappa shape index (κ1) is 9.95. The first-order valence-electron chi connectivity index (χ1n) is 6.18. The Kier molecular flexibility index (Phi) is 1.93. The van der Waals surface area contributed by atoms with Gasteiger partial charge < -0.3 is 0 Å². The topological polar surface area (TPSA) is 17.3 Å². The summed E-state index contributed by atoms with van der Waals surface area (Å²) in [6.07, 6.45) is 10.5. The van der Waals surface area contributed by atoms with Gasteiger partial charge in [0.15, 0.2) is 0 Å². The molecule has 3 aromatic rings. The van der Waals surface area contributed by atoms with E-state index in [4.69, 9.17) is 7.85 Å². The van der Waals surface area contributed by atoms with Crippen molar-refractivity contribution in [2.45, 2.75) is 12.8 Å². The minimum absolute atomic E-state index is 0.808. The SMILES string of the molecule is [B]c1ccc2c(c1)c1c(c3nccn32)CCC=C1. The molecule has 18 heavy (non-hydrogen) atoms. The maximum Gasteiger partial charge on any atom is 0.141 e. The molecule has 0 saturated heterocycles. The molecule has 0 amide bonds. The molecule has 84 valence electrons. The molecule has 0 unspecified atom stereocenters. The minimum atomic E-state index is 0.808. The zero-order chi connectivity index (χ0) is 12.1. The van der Waals surface area contributed by atoms with Crippen LogP contribution in [0.2, 0.25) is 0 Å². The third kappa shape index (κ3) is 1.22. The van der Waals surface area contributed by atoms with Crippen LogP contribution in [0, 0.1) is 0 Å². The van der Waals surface area contributed by atoms with Gasteiger partial charge in [-0.05, 0) is 24.5 Å². The summed E-state index contributed by atoms with van der Waals surface area (Å²) in [6, 6.07) is 6.08. The van der Waals surface area contributed by atoms with Crippen molar-refractivity contribution in [2.75, 3.05) is 0 Å². The zero-order valence-electron chi connectivity index (χ0n) is 9.93. The number of aryl methyl sites for hydroxylation is 1. The van der Waals surface area contributed by atoms with E-state index >= 15 is 0 Å². The van der Waals surface area contributed by atoms with Crippen molar-refractivity contribution in [1.29, 1.82) is 0 Å². The summed E-state index contributed by atoms with van der Waals surface area (Å²) in [7, 11) is 5.93. The normalized spacial score (nSPS) is 14.2. The average Bonchev–Trinajstić information content (AvgIpc) is 2.88. The lowest BCUT2D eigenvalue weighted by atomic mass is 9.90. The van der Waals surface area contributed by atoms with Crippen LogP contribution in [0.4, 0.5) is 0 Å². The average molecular weight is 230 g/mol. The van der Waals surface area contributed by atoms with E-state index in [1.807, 2.05) is 18.5 Å². The van der Waals surface area contributed by atoms with Gasteiger partial charge >= 0.3 is 0 Å². The van der Waals surface area contributed by atoms with Crippen LogP contribution in [0.25, 0.3) is 22.6 Å². The number of hydrogen-bond acceptors (Lipinski definition) is 1. The predicted octanol–water partition coefficient (Wildman–Crippen LogP) is 2.24. The van der Waals surface area contributed by atoms with E-state index in [1.54, 1.807) is 0 Å². The first-order chi connectivity index (χ1) is 8.84. The van der Waals surface area contributed by atoms with Crippen molar-refractivity contribution in [2.24, 2.45) is 0 Å². The van der Waals surface area contributed by atoms with E-state index in [0.717, 1.165) is 24.0 Å². The molecule has 0 N–H and O–H groups in total. The third-order valence-corrected chi connectivity index (χ3v) is 3.65. The van der Waals surface area contributed by atoms with Crippen molar-refractivity contribution in [1.82, 2.24) is 9.38 Å². The van der Waals surface area contributed by atoms with E-state index in [9.17, 15) is 0 Å². The molecule has 1 aliphatic carbocycles. The van der Waals surface area contributed by atoms with E-state index < -0.39 is 0 Å². The molecule has 3 heteroatoms. The molecule has 0 fully saturated rings. The van der Waals surface area contributed by atoms with Crippen LogP contribution in [0.3, 0.4) is 0 Å². The number of allylic oxidation sites excluding steroid dienone is 1. The molecule has 2 aromatic heterocycles. The Labute approximate surface area is 106 Å². The Bertz CT molecular complexity index is 799. The highest BCUT2D eigenvalue weighted by molar-refractivity contribution is 6.33. The van der Waals surface area contributed by atoms with Crippen molar-refractivity contribution in [3.05, 3.63) is 47.8 Å². The molecule has 2 heterocycles. The smallest absolute Gasteiger partial charge is 0.141 e. The van der Waals surface area contributed by atoms with Gasteiger partial charge in [-0.3, -0.25) is 4.40 Å². The summed E-state index contributed by atoms with van der Waals surface area (Å²) in [5.41, 5.74) is 5.67. The lowest BCUT2D eigenvalue weighted by molar-refractivity contribution is 0.982. The maximum atomic E-state index is 5.93. The predicted molar refractivity (Wildman–Crippen MR) is 75.4 cm³/mol. The van der Waals surface area contributed by atoms with Gasteiger partial charge in [-0.1, -0.05) is 29.7 Å².